The second kappa shape index (κ2) is 7.92. The minimum atomic E-state index is 0.232. The Balaban J connectivity index is 2.13. The quantitative estimate of drug-likeness (QED) is 0.701. The number of rotatable bonds is 8. The van der Waals surface area contributed by atoms with E-state index in [0.29, 0.717) is 6.61 Å². The Hall–Kier alpha value is -1.26. The van der Waals surface area contributed by atoms with Gasteiger partial charge in [-0.3, -0.25) is 0 Å². The molecule has 0 spiro atoms. The Morgan fingerprint density at radius 3 is 2.35 bits per heavy atom. The highest BCUT2D eigenvalue weighted by molar-refractivity contribution is 5.31. The highest BCUT2D eigenvalue weighted by atomic mass is 16.5. The summed E-state index contributed by atoms with van der Waals surface area (Å²) in [7, 11) is 3.36. The molecule has 0 amide bonds. The van der Waals surface area contributed by atoms with Gasteiger partial charge in [-0.15, -0.1) is 0 Å². The number of nitrogens with one attached hydrogen (secondary N) is 1. The van der Waals surface area contributed by atoms with Gasteiger partial charge in [-0.2, -0.15) is 0 Å². The molecule has 1 unspecified atom stereocenters. The highest BCUT2D eigenvalue weighted by Crippen LogP contribution is 2.16. The smallest absolute Gasteiger partial charge is 0.119 e. The van der Waals surface area contributed by atoms with Crippen LogP contribution in [0.3, 0.4) is 0 Å². The molecule has 1 atom stereocenters. The van der Waals surface area contributed by atoms with E-state index < -0.39 is 0 Å². The first-order chi connectivity index (χ1) is 8.26. The Bertz CT molecular complexity index is 300. The fraction of sp³-hybridized carbons (Fsp3) is 0.538. The predicted molar refractivity (Wildman–Crippen MR) is 67.8 cm³/mol. The third-order valence-electron chi connectivity index (χ3n) is 2.44. The van der Waals surface area contributed by atoms with Crippen molar-refractivity contribution in [3.8, 4) is 11.5 Å². The number of ether oxygens (including phenoxy) is 3. The first-order valence-electron chi connectivity index (χ1n) is 5.76. The van der Waals surface area contributed by atoms with Crippen molar-refractivity contribution < 1.29 is 14.2 Å². The molecule has 1 N–H and O–H groups in total. The topological polar surface area (TPSA) is 39.7 Å². The molecule has 1 aromatic rings. The second-order valence-corrected chi connectivity index (χ2v) is 3.77. The van der Waals surface area contributed by atoms with Crippen LogP contribution in [0.15, 0.2) is 24.3 Å². The summed E-state index contributed by atoms with van der Waals surface area (Å²) in [5.41, 5.74) is 0. The van der Waals surface area contributed by atoms with E-state index in [9.17, 15) is 0 Å². The first-order valence-corrected chi connectivity index (χ1v) is 5.76. The summed E-state index contributed by atoms with van der Waals surface area (Å²) < 4.78 is 15.8. The van der Waals surface area contributed by atoms with Gasteiger partial charge in [0.05, 0.1) is 13.2 Å². The Labute approximate surface area is 103 Å². The number of benzene rings is 1. The van der Waals surface area contributed by atoms with Gasteiger partial charge in [0.25, 0.3) is 0 Å². The summed E-state index contributed by atoms with van der Waals surface area (Å²) in [5.74, 6) is 1.69. The summed E-state index contributed by atoms with van der Waals surface area (Å²) in [6.07, 6.45) is 0.232. The minimum Gasteiger partial charge on any atom is -0.497 e. The van der Waals surface area contributed by atoms with E-state index in [4.69, 9.17) is 14.2 Å². The van der Waals surface area contributed by atoms with Gasteiger partial charge in [-0.1, -0.05) is 0 Å². The van der Waals surface area contributed by atoms with E-state index in [0.717, 1.165) is 24.6 Å². The molecule has 0 aliphatic carbocycles. The Kier molecular flexibility index (Phi) is 6.43. The maximum Gasteiger partial charge on any atom is 0.119 e. The van der Waals surface area contributed by atoms with Crippen molar-refractivity contribution in [1.29, 1.82) is 0 Å². The molecule has 0 heterocycles. The number of hydrogen-bond acceptors (Lipinski definition) is 4. The summed E-state index contributed by atoms with van der Waals surface area (Å²) in [6, 6.07) is 7.57. The van der Waals surface area contributed by atoms with Crippen LogP contribution in [-0.2, 0) is 4.74 Å². The van der Waals surface area contributed by atoms with Gasteiger partial charge < -0.3 is 19.5 Å². The molecule has 0 aromatic heterocycles. The molecule has 4 heteroatoms. The normalized spacial score (nSPS) is 12.2. The lowest BCUT2D eigenvalue weighted by Gasteiger charge is -2.11. The molecular formula is C13H21NO3. The molecule has 0 aliphatic rings. The summed E-state index contributed by atoms with van der Waals surface area (Å²) in [5, 5.41) is 3.25. The van der Waals surface area contributed by atoms with Crippen molar-refractivity contribution in [1.82, 2.24) is 5.32 Å². The summed E-state index contributed by atoms with van der Waals surface area (Å²) >= 11 is 0. The molecule has 4 nitrogen and oxygen atoms in total. The molecule has 0 saturated carbocycles. The lowest BCUT2D eigenvalue weighted by atomic mass is 10.3. The number of hydrogen-bond donors (Lipinski definition) is 1. The monoisotopic (exact) mass is 239 g/mol. The van der Waals surface area contributed by atoms with Crippen LogP contribution in [0.4, 0.5) is 0 Å². The SMILES string of the molecule is COc1ccc(OCCNCC(C)OC)cc1. The maximum atomic E-state index is 5.56. The van der Waals surface area contributed by atoms with Crippen molar-refractivity contribution in [3.05, 3.63) is 24.3 Å². The Morgan fingerprint density at radius 1 is 1.12 bits per heavy atom. The Morgan fingerprint density at radius 2 is 1.76 bits per heavy atom. The van der Waals surface area contributed by atoms with Gasteiger partial charge in [0.2, 0.25) is 0 Å². The molecule has 96 valence electrons. The lowest BCUT2D eigenvalue weighted by Crippen LogP contribution is -2.29. The zero-order chi connectivity index (χ0) is 12.5. The van der Waals surface area contributed by atoms with Crippen molar-refractivity contribution in [2.24, 2.45) is 0 Å². The third-order valence-corrected chi connectivity index (χ3v) is 2.44. The fourth-order valence-corrected chi connectivity index (χ4v) is 1.30. The van der Waals surface area contributed by atoms with Crippen LogP contribution in [0.5, 0.6) is 11.5 Å². The van der Waals surface area contributed by atoms with Crippen LogP contribution >= 0.6 is 0 Å². The lowest BCUT2D eigenvalue weighted by molar-refractivity contribution is 0.116. The van der Waals surface area contributed by atoms with Crippen molar-refractivity contribution >= 4 is 0 Å². The van der Waals surface area contributed by atoms with Gasteiger partial charge in [0.15, 0.2) is 0 Å². The van der Waals surface area contributed by atoms with Gasteiger partial charge in [-0.05, 0) is 31.2 Å². The molecule has 1 rings (SSSR count). The van der Waals surface area contributed by atoms with Gasteiger partial charge in [0, 0.05) is 20.2 Å². The van der Waals surface area contributed by atoms with E-state index in [2.05, 4.69) is 5.32 Å². The zero-order valence-electron chi connectivity index (χ0n) is 10.7. The van der Waals surface area contributed by atoms with E-state index in [1.165, 1.54) is 0 Å². The first kappa shape index (κ1) is 13.8. The van der Waals surface area contributed by atoms with Crippen molar-refractivity contribution in [3.63, 3.8) is 0 Å². The average molecular weight is 239 g/mol. The van der Waals surface area contributed by atoms with Crippen molar-refractivity contribution in [2.45, 2.75) is 13.0 Å². The van der Waals surface area contributed by atoms with E-state index >= 15 is 0 Å². The molecule has 1 aromatic carbocycles. The summed E-state index contributed by atoms with van der Waals surface area (Å²) in [4.78, 5) is 0. The molecular weight excluding hydrogens is 218 g/mol. The van der Waals surface area contributed by atoms with Crippen LogP contribution in [0.2, 0.25) is 0 Å². The molecule has 0 fully saturated rings. The molecule has 0 bridgehead atoms. The number of methoxy groups -OCH3 is 2. The average Bonchev–Trinajstić information content (AvgIpc) is 2.38. The van der Waals surface area contributed by atoms with Crippen LogP contribution in [-0.4, -0.2) is 40.0 Å². The zero-order valence-corrected chi connectivity index (χ0v) is 10.7. The third kappa shape index (κ3) is 5.56. The maximum absolute atomic E-state index is 5.56. The molecule has 0 aliphatic heterocycles. The largest absolute Gasteiger partial charge is 0.497 e. The summed E-state index contributed by atoms with van der Waals surface area (Å²) in [6.45, 7) is 4.31. The van der Waals surface area contributed by atoms with E-state index in [1.54, 1.807) is 14.2 Å². The van der Waals surface area contributed by atoms with Gasteiger partial charge in [0.1, 0.15) is 18.1 Å². The predicted octanol–water partition coefficient (Wildman–Crippen LogP) is 1.70. The van der Waals surface area contributed by atoms with Crippen LogP contribution < -0.4 is 14.8 Å². The van der Waals surface area contributed by atoms with E-state index in [1.807, 2.05) is 31.2 Å². The standard InChI is InChI=1S/C13H21NO3/c1-11(15-2)10-14-8-9-17-13-6-4-12(16-3)5-7-13/h4-7,11,14H,8-10H2,1-3H3. The van der Waals surface area contributed by atoms with Crippen molar-refractivity contribution in [2.75, 3.05) is 33.9 Å². The van der Waals surface area contributed by atoms with E-state index in [-0.39, 0.29) is 6.10 Å². The molecule has 0 radical (unpaired) electrons. The van der Waals surface area contributed by atoms with Crippen LogP contribution in [0.1, 0.15) is 6.92 Å². The second-order valence-electron chi connectivity index (χ2n) is 3.77. The minimum absolute atomic E-state index is 0.232. The van der Waals surface area contributed by atoms with Crippen LogP contribution in [0, 0.1) is 0 Å². The molecule has 0 saturated heterocycles. The fourth-order valence-electron chi connectivity index (χ4n) is 1.30. The van der Waals surface area contributed by atoms with Crippen LogP contribution in [0.25, 0.3) is 0 Å². The molecule has 17 heavy (non-hydrogen) atoms. The van der Waals surface area contributed by atoms with Gasteiger partial charge >= 0.3 is 0 Å². The van der Waals surface area contributed by atoms with Gasteiger partial charge in [-0.25, -0.2) is 0 Å². The highest BCUT2D eigenvalue weighted by Gasteiger charge is 1.98.